The number of rotatable bonds is 4. The summed E-state index contributed by atoms with van der Waals surface area (Å²) >= 11 is 0. The van der Waals surface area contributed by atoms with Crippen molar-refractivity contribution in [2.24, 2.45) is 5.92 Å². The summed E-state index contributed by atoms with van der Waals surface area (Å²) in [6, 6.07) is 5.08. The maximum atomic E-state index is 12.2. The van der Waals surface area contributed by atoms with Crippen molar-refractivity contribution in [2.75, 3.05) is 7.11 Å². The topological polar surface area (TPSA) is 102 Å². The molecule has 3 amide bonds. The smallest absolute Gasteiger partial charge is 0.407 e. The van der Waals surface area contributed by atoms with Gasteiger partial charge in [0.2, 0.25) is 0 Å². The maximum absolute atomic E-state index is 12.2. The molecule has 1 aromatic carbocycles. The second-order valence-corrected chi connectivity index (χ2v) is 5.22. The number of hydrogen-bond acceptors (Lipinski definition) is 6. The number of benzene rings is 1. The van der Waals surface area contributed by atoms with Crippen LogP contribution in [0.25, 0.3) is 0 Å². The van der Waals surface area contributed by atoms with Gasteiger partial charge in [0.25, 0.3) is 11.8 Å². The summed E-state index contributed by atoms with van der Waals surface area (Å²) in [4.78, 5) is 52.7. The van der Waals surface area contributed by atoms with Gasteiger partial charge in [-0.25, -0.2) is 9.59 Å². The first-order chi connectivity index (χ1) is 10.9. The Hall–Kier alpha value is -2.90. The van der Waals surface area contributed by atoms with Crippen LogP contribution >= 0.6 is 0 Å². The van der Waals surface area contributed by atoms with Crippen LogP contribution in [0.2, 0.25) is 0 Å². The molecule has 0 aliphatic carbocycles. The standard InChI is InChI=1S/C15H16N2O6/c1-8(2)11(16-15(21)22-3)14(20)23-17-12(18)9-6-4-5-7-10(9)13(17)19/h4-8,11H,1-3H3,(H,16,21). The van der Waals surface area contributed by atoms with Gasteiger partial charge in [0, 0.05) is 0 Å². The number of alkyl carbamates (subject to hydrolysis) is 1. The lowest BCUT2D eigenvalue weighted by atomic mass is 10.1. The Labute approximate surface area is 132 Å². The third-order valence-corrected chi connectivity index (χ3v) is 3.32. The molecule has 0 aromatic heterocycles. The molecule has 1 atom stereocenters. The molecule has 1 aliphatic heterocycles. The fraction of sp³-hybridized carbons (Fsp3) is 0.333. The minimum Gasteiger partial charge on any atom is -0.453 e. The molecule has 0 saturated carbocycles. The molecule has 0 fully saturated rings. The zero-order chi connectivity index (χ0) is 17.1. The summed E-state index contributed by atoms with van der Waals surface area (Å²) in [6.07, 6.45) is -0.817. The van der Waals surface area contributed by atoms with E-state index in [9.17, 15) is 19.2 Å². The highest BCUT2D eigenvalue weighted by Gasteiger charge is 2.40. The molecular formula is C15H16N2O6. The Morgan fingerprint density at radius 2 is 1.61 bits per heavy atom. The normalized spacial score (nSPS) is 14.5. The molecule has 23 heavy (non-hydrogen) atoms. The summed E-state index contributed by atoms with van der Waals surface area (Å²) in [5.41, 5.74) is 0.319. The van der Waals surface area contributed by atoms with Crippen LogP contribution in [0.4, 0.5) is 4.79 Å². The second kappa shape index (κ2) is 6.47. The first kappa shape index (κ1) is 16.5. The van der Waals surface area contributed by atoms with Gasteiger partial charge in [-0.3, -0.25) is 9.59 Å². The van der Waals surface area contributed by atoms with Gasteiger partial charge in [-0.2, -0.15) is 0 Å². The molecule has 0 radical (unpaired) electrons. The monoisotopic (exact) mass is 320 g/mol. The van der Waals surface area contributed by atoms with Crippen molar-refractivity contribution in [1.29, 1.82) is 0 Å². The number of imide groups is 1. The van der Waals surface area contributed by atoms with E-state index in [0.29, 0.717) is 5.06 Å². The largest absolute Gasteiger partial charge is 0.453 e. The Morgan fingerprint density at radius 1 is 1.09 bits per heavy atom. The van der Waals surface area contributed by atoms with Gasteiger partial charge in [-0.15, -0.1) is 0 Å². The lowest BCUT2D eigenvalue weighted by Crippen LogP contribution is -2.48. The molecule has 8 nitrogen and oxygen atoms in total. The second-order valence-electron chi connectivity index (χ2n) is 5.22. The van der Waals surface area contributed by atoms with Crippen molar-refractivity contribution in [2.45, 2.75) is 19.9 Å². The fourth-order valence-corrected chi connectivity index (χ4v) is 2.08. The van der Waals surface area contributed by atoms with Crippen LogP contribution in [-0.2, 0) is 14.4 Å². The summed E-state index contributed by atoms with van der Waals surface area (Å²) in [5.74, 6) is -2.71. The lowest BCUT2D eigenvalue weighted by molar-refractivity contribution is -0.172. The van der Waals surface area contributed by atoms with E-state index in [1.807, 2.05) is 0 Å². The van der Waals surface area contributed by atoms with E-state index in [1.165, 1.54) is 12.1 Å². The summed E-state index contributed by atoms with van der Waals surface area (Å²) in [6.45, 7) is 3.34. The highest BCUT2D eigenvalue weighted by molar-refractivity contribution is 6.20. The Bertz CT molecular complexity index is 635. The minimum atomic E-state index is -1.06. The Morgan fingerprint density at radius 3 is 2.04 bits per heavy atom. The van der Waals surface area contributed by atoms with Crippen LogP contribution in [0.1, 0.15) is 34.6 Å². The molecule has 1 unspecified atom stereocenters. The third-order valence-electron chi connectivity index (χ3n) is 3.32. The number of nitrogens with zero attached hydrogens (tertiary/aromatic N) is 1. The molecule has 0 spiro atoms. The van der Waals surface area contributed by atoms with Crippen LogP contribution in [-0.4, -0.2) is 42.1 Å². The van der Waals surface area contributed by atoms with E-state index in [0.717, 1.165) is 7.11 Å². The number of hydrogen-bond donors (Lipinski definition) is 1. The molecule has 0 bridgehead atoms. The highest BCUT2D eigenvalue weighted by atomic mass is 16.7. The summed E-state index contributed by atoms with van der Waals surface area (Å²) in [5, 5.41) is 2.71. The number of carbonyl (C=O) groups excluding carboxylic acids is 4. The van der Waals surface area contributed by atoms with Crippen molar-refractivity contribution in [3.63, 3.8) is 0 Å². The maximum Gasteiger partial charge on any atom is 0.407 e. The van der Waals surface area contributed by atoms with Crippen LogP contribution in [0.15, 0.2) is 24.3 Å². The van der Waals surface area contributed by atoms with Crippen molar-refractivity contribution < 1.29 is 28.8 Å². The quantitative estimate of drug-likeness (QED) is 0.834. The van der Waals surface area contributed by atoms with Gasteiger partial charge in [0.05, 0.1) is 18.2 Å². The number of nitrogens with one attached hydrogen (secondary N) is 1. The number of fused-ring (bicyclic) bond motifs is 1. The first-order valence-electron chi connectivity index (χ1n) is 6.91. The van der Waals surface area contributed by atoms with Crippen LogP contribution in [0.5, 0.6) is 0 Å². The van der Waals surface area contributed by atoms with Crippen molar-refractivity contribution in [3.8, 4) is 0 Å². The SMILES string of the molecule is COC(=O)NC(C(=O)ON1C(=O)c2ccccc2C1=O)C(C)C. The van der Waals surface area contributed by atoms with Gasteiger partial charge < -0.3 is 14.9 Å². The third kappa shape index (κ3) is 3.15. The van der Waals surface area contributed by atoms with Gasteiger partial charge in [0.1, 0.15) is 6.04 Å². The molecule has 1 N–H and O–H groups in total. The van der Waals surface area contributed by atoms with E-state index >= 15 is 0 Å². The molecule has 122 valence electrons. The van der Waals surface area contributed by atoms with E-state index < -0.39 is 29.9 Å². The predicted molar refractivity (Wildman–Crippen MR) is 77.2 cm³/mol. The van der Waals surface area contributed by atoms with Crippen LogP contribution < -0.4 is 5.32 Å². The molecule has 1 aromatic rings. The van der Waals surface area contributed by atoms with Crippen LogP contribution in [0.3, 0.4) is 0 Å². The van der Waals surface area contributed by atoms with Crippen molar-refractivity contribution >= 4 is 23.9 Å². The van der Waals surface area contributed by atoms with E-state index in [4.69, 9.17) is 4.84 Å². The molecule has 1 aliphatic rings. The van der Waals surface area contributed by atoms with E-state index in [-0.39, 0.29) is 17.0 Å². The number of ether oxygens (including phenoxy) is 1. The Balaban J connectivity index is 2.15. The number of hydroxylamine groups is 2. The Kier molecular flexibility index (Phi) is 4.63. The summed E-state index contributed by atoms with van der Waals surface area (Å²) < 4.78 is 4.44. The van der Waals surface area contributed by atoms with Crippen molar-refractivity contribution in [3.05, 3.63) is 35.4 Å². The number of amides is 3. The van der Waals surface area contributed by atoms with Crippen molar-refractivity contribution in [1.82, 2.24) is 10.4 Å². The zero-order valence-electron chi connectivity index (χ0n) is 12.9. The molecular weight excluding hydrogens is 304 g/mol. The molecule has 1 heterocycles. The van der Waals surface area contributed by atoms with E-state index in [1.54, 1.807) is 26.0 Å². The van der Waals surface area contributed by atoms with Gasteiger partial charge in [-0.1, -0.05) is 31.0 Å². The average molecular weight is 320 g/mol. The summed E-state index contributed by atoms with van der Waals surface area (Å²) in [7, 11) is 1.15. The zero-order valence-corrected chi connectivity index (χ0v) is 12.9. The number of carbonyl (C=O) groups is 4. The molecule has 8 heteroatoms. The molecule has 2 rings (SSSR count). The van der Waals surface area contributed by atoms with E-state index in [2.05, 4.69) is 10.1 Å². The molecule has 0 saturated heterocycles. The first-order valence-corrected chi connectivity index (χ1v) is 6.91. The van der Waals surface area contributed by atoms with Gasteiger partial charge >= 0.3 is 12.1 Å². The highest BCUT2D eigenvalue weighted by Crippen LogP contribution is 2.23. The van der Waals surface area contributed by atoms with Crippen LogP contribution in [0, 0.1) is 5.92 Å². The fourth-order valence-electron chi connectivity index (χ4n) is 2.08. The predicted octanol–water partition coefficient (Wildman–Crippen LogP) is 1.12. The average Bonchev–Trinajstić information content (AvgIpc) is 2.77. The lowest BCUT2D eigenvalue weighted by Gasteiger charge is -2.21. The van der Waals surface area contributed by atoms with Gasteiger partial charge in [0.15, 0.2) is 0 Å². The minimum absolute atomic E-state index is 0.160. The van der Waals surface area contributed by atoms with Gasteiger partial charge in [-0.05, 0) is 18.1 Å². The number of methoxy groups -OCH3 is 1.